The smallest absolute Gasteiger partial charge is 0.272 e. The standard InChI is InChI=1S/C14H17FN4O3S/c1-8-6-14(7-8,12(20)17-18-13(23)16-2)9-3-10(15)5-11(4-9)19(21)22/h3-5,8H,6-7H2,1-2H3,(H,17,20)(H2,16,18,23). The van der Waals surface area contributed by atoms with E-state index in [1.165, 1.54) is 12.1 Å². The van der Waals surface area contributed by atoms with Crippen LogP contribution in [-0.2, 0) is 10.2 Å². The van der Waals surface area contributed by atoms with Crippen LogP contribution in [0, 0.1) is 21.8 Å². The van der Waals surface area contributed by atoms with Crippen LogP contribution < -0.4 is 16.2 Å². The number of nitro groups is 1. The SMILES string of the molecule is CNC(=S)NNC(=O)C1(c2cc(F)cc([N+](=O)[O-])c2)CC(C)C1. The second kappa shape index (κ2) is 6.45. The topological polar surface area (TPSA) is 96.3 Å². The van der Waals surface area contributed by atoms with Gasteiger partial charge in [-0.05, 0) is 42.6 Å². The van der Waals surface area contributed by atoms with Crippen molar-refractivity contribution in [3.05, 3.63) is 39.7 Å². The van der Waals surface area contributed by atoms with E-state index in [2.05, 4.69) is 16.2 Å². The molecule has 0 aliphatic heterocycles. The third-order valence-electron chi connectivity index (χ3n) is 3.99. The number of hydrogen-bond donors (Lipinski definition) is 3. The lowest BCUT2D eigenvalue weighted by atomic mass is 9.58. The number of nitrogens with one attached hydrogen (secondary N) is 3. The lowest BCUT2D eigenvalue weighted by Crippen LogP contribution is -2.57. The number of nitro benzene ring substituents is 1. The molecule has 0 saturated heterocycles. The maximum atomic E-state index is 13.7. The third kappa shape index (κ3) is 3.39. The van der Waals surface area contributed by atoms with Crippen LogP contribution in [-0.4, -0.2) is 23.0 Å². The first kappa shape index (κ1) is 17.1. The molecule has 0 heterocycles. The number of hydrogen-bond acceptors (Lipinski definition) is 4. The molecule has 124 valence electrons. The van der Waals surface area contributed by atoms with Crippen molar-refractivity contribution in [2.45, 2.75) is 25.2 Å². The van der Waals surface area contributed by atoms with Gasteiger partial charge < -0.3 is 5.32 Å². The Kier molecular flexibility index (Phi) is 4.79. The van der Waals surface area contributed by atoms with Crippen molar-refractivity contribution < 1.29 is 14.1 Å². The van der Waals surface area contributed by atoms with Crippen molar-refractivity contribution in [2.24, 2.45) is 5.92 Å². The minimum absolute atomic E-state index is 0.228. The van der Waals surface area contributed by atoms with E-state index in [1.807, 2.05) is 6.92 Å². The first-order chi connectivity index (χ1) is 10.8. The number of thiocarbonyl (C=S) groups is 1. The molecule has 1 amide bonds. The zero-order valence-electron chi connectivity index (χ0n) is 12.7. The zero-order valence-corrected chi connectivity index (χ0v) is 13.5. The second-order valence-corrected chi connectivity index (χ2v) is 6.12. The molecule has 1 saturated carbocycles. The van der Waals surface area contributed by atoms with Crippen LogP contribution in [0.1, 0.15) is 25.3 Å². The number of rotatable bonds is 3. The number of hydrazine groups is 1. The van der Waals surface area contributed by atoms with Gasteiger partial charge in [-0.1, -0.05) is 6.92 Å². The molecule has 23 heavy (non-hydrogen) atoms. The summed E-state index contributed by atoms with van der Waals surface area (Å²) in [6, 6.07) is 3.27. The van der Waals surface area contributed by atoms with Gasteiger partial charge in [0, 0.05) is 13.1 Å². The Bertz CT molecular complexity index is 661. The molecule has 1 fully saturated rings. The summed E-state index contributed by atoms with van der Waals surface area (Å²) in [6.45, 7) is 1.96. The average Bonchev–Trinajstić information content (AvgIpc) is 2.47. The molecule has 0 atom stereocenters. The minimum atomic E-state index is -0.997. The molecule has 1 aromatic rings. The highest BCUT2D eigenvalue weighted by Crippen LogP contribution is 2.48. The van der Waals surface area contributed by atoms with Crippen LogP contribution in [0.5, 0.6) is 0 Å². The number of carbonyl (C=O) groups excluding carboxylic acids is 1. The average molecular weight is 340 g/mol. The van der Waals surface area contributed by atoms with Gasteiger partial charge in [0.15, 0.2) is 5.11 Å². The predicted molar refractivity (Wildman–Crippen MR) is 86.1 cm³/mol. The summed E-state index contributed by atoms with van der Waals surface area (Å²) in [7, 11) is 1.60. The van der Waals surface area contributed by atoms with E-state index >= 15 is 0 Å². The monoisotopic (exact) mass is 340 g/mol. The molecule has 1 aromatic carbocycles. The first-order valence-corrected chi connectivity index (χ1v) is 7.43. The maximum absolute atomic E-state index is 13.7. The molecule has 0 aromatic heterocycles. The van der Waals surface area contributed by atoms with E-state index in [9.17, 15) is 19.3 Å². The van der Waals surface area contributed by atoms with Gasteiger partial charge in [0.05, 0.1) is 16.4 Å². The largest absolute Gasteiger partial charge is 0.364 e. The van der Waals surface area contributed by atoms with Gasteiger partial charge in [-0.25, -0.2) is 4.39 Å². The fourth-order valence-electron chi connectivity index (χ4n) is 2.93. The molecule has 2 rings (SSSR count). The van der Waals surface area contributed by atoms with E-state index < -0.39 is 22.1 Å². The van der Waals surface area contributed by atoms with Gasteiger partial charge in [0.1, 0.15) is 5.82 Å². The Balaban J connectivity index is 2.32. The molecular formula is C14H17FN4O3S. The highest BCUT2D eigenvalue weighted by molar-refractivity contribution is 7.80. The van der Waals surface area contributed by atoms with E-state index in [0.717, 1.165) is 6.07 Å². The highest BCUT2D eigenvalue weighted by atomic mass is 32.1. The molecule has 7 nitrogen and oxygen atoms in total. The van der Waals surface area contributed by atoms with Crippen LogP contribution in [0.3, 0.4) is 0 Å². The highest BCUT2D eigenvalue weighted by Gasteiger charge is 2.50. The lowest BCUT2D eigenvalue weighted by Gasteiger charge is -2.45. The number of non-ortho nitro benzene ring substituents is 1. The van der Waals surface area contributed by atoms with Crippen molar-refractivity contribution in [1.82, 2.24) is 16.2 Å². The normalized spacial score (nSPS) is 22.7. The Morgan fingerprint density at radius 2 is 2.04 bits per heavy atom. The summed E-state index contributed by atoms with van der Waals surface area (Å²) in [6.07, 6.45) is 0.959. The van der Waals surface area contributed by atoms with Crippen molar-refractivity contribution in [3.63, 3.8) is 0 Å². The summed E-state index contributed by atoms with van der Waals surface area (Å²) in [5.41, 5.74) is 3.95. The van der Waals surface area contributed by atoms with E-state index in [0.29, 0.717) is 18.4 Å². The molecule has 0 bridgehead atoms. The van der Waals surface area contributed by atoms with Crippen molar-refractivity contribution in [2.75, 3.05) is 7.05 Å². The van der Waals surface area contributed by atoms with E-state index in [-0.39, 0.29) is 16.7 Å². The summed E-state index contributed by atoms with van der Waals surface area (Å²) in [5.74, 6) is -0.868. The van der Waals surface area contributed by atoms with E-state index in [4.69, 9.17) is 12.2 Å². The molecular weight excluding hydrogens is 323 g/mol. The summed E-state index contributed by atoms with van der Waals surface area (Å²) < 4.78 is 13.7. The van der Waals surface area contributed by atoms with Gasteiger partial charge in [-0.15, -0.1) is 0 Å². The fourth-order valence-corrected chi connectivity index (χ4v) is 2.98. The Labute approximate surface area is 137 Å². The Hall–Kier alpha value is -2.29. The summed E-state index contributed by atoms with van der Waals surface area (Å²) >= 11 is 4.88. The molecule has 0 unspecified atom stereocenters. The van der Waals surface area contributed by atoms with Crippen LogP contribution in [0.2, 0.25) is 0 Å². The van der Waals surface area contributed by atoms with E-state index in [1.54, 1.807) is 7.05 Å². The number of carbonyl (C=O) groups is 1. The maximum Gasteiger partial charge on any atom is 0.272 e. The Morgan fingerprint density at radius 1 is 1.39 bits per heavy atom. The minimum Gasteiger partial charge on any atom is -0.364 e. The molecule has 1 aliphatic carbocycles. The number of nitrogens with zero attached hydrogens (tertiary/aromatic N) is 1. The lowest BCUT2D eigenvalue weighted by molar-refractivity contribution is -0.385. The molecule has 0 radical (unpaired) electrons. The van der Waals surface area contributed by atoms with Crippen molar-refractivity contribution in [1.29, 1.82) is 0 Å². The van der Waals surface area contributed by atoms with Crippen molar-refractivity contribution in [3.8, 4) is 0 Å². The number of amides is 1. The first-order valence-electron chi connectivity index (χ1n) is 7.02. The van der Waals surface area contributed by atoms with Crippen LogP contribution in [0.25, 0.3) is 0 Å². The zero-order chi connectivity index (χ0) is 17.2. The Morgan fingerprint density at radius 3 is 2.57 bits per heavy atom. The number of halogens is 1. The third-order valence-corrected chi connectivity index (χ3v) is 4.30. The second-order valence-electron chi connectivity index (χ2n) is 5.71. The van der Waals surface area contributed by atoms with Crippen LogP contribution in [0.15, 0.2) is 18.2 Å². The van der Waals surface area contributed by atoms with Crippen molar-refractivity contribution >= 4 is 28.9 Å². The van der Waals surface area contributed by atoms with Gasteiger partial charge >= 0.3 is 0 Å². The molecule has 9 heteroatoms. The van der Waals surface area contributed by atoms with Gasteiger partial charge in [-0.3, -0.25) is 25.8 Å². The van der Waals surface area contributed by atoms with Crippen LogP contribution in [0.4, 0.5) is 10.1 Å². The quantitative estimate of drug-likeness (QED) is 0.439. The van der Waals surface area contributed by atoms with Crippen LogP contribution >= 0.6 is 12.2 Å². The van der Waals surface area contributed by atoms with Gasteiger partial charge in [0.2, 0.25) is 5.91 Å². The summed E-state index contributed by atoms with van der Waals surface area (Å²) in [4.78, 5) is 22.8. The summed E-state index contributed by atoms with van der Waals surface area (Å²) in [5, 5.41) is 13.8. The predicted octanol–water partition coefficient (Wildman–Crippen LogP) is 1.53. The fraction of sp³-hybridized carbons (Fsp3) is 0.429. The molecule has 0 spiro atoms. The van der Waals surface area contributed by atoms with Gasteiger partial charge in [-0.2, -0.15) is 0 Å². The molecule has 1 aliphatic rings. The number of benzene rings is 1. The van der Waals surface area contributed by atoms with Gasteiger partial charge in [0.25, 0.3) is 5.69 Å². The molecule has 3 N–H and O–H groups in total.